The van der Waals surface area contributed by atoms with Gasteiger partial charge in [-0.15, -0.1) is 0 Å². The first-order chi connectivity index (χ1) is 11.1. The molecule has 0 saturated heterocycles. The summed E-state index contributed by atoms with van der Waals surface area (Å²) in [6, 6.07) is 6.97. The van der Waals surface area contributed by atoms with Gasteiger partial charge in [0.2, 0.25) is 0 Å². The number of aromatic nitrogens is 1. The van der Waals surface area contributed by atoms with Crippen LogP contribution in [-0.4, -0.2) is 17.7 Å². The number of hydrogen-bond acceptors (Lipinski definition) is 3. The Bertz CT molecular complexity index is 666. The van der Waals surface area contributed by atoms with Crippen molar-refractivity contribution in [3.63, 3.8) is 0 Å². The van der Waals surface area contributed by atoms with Gasteiger partial charge in [0.15, 0.2) is 11.7 Å². The van der Waals surface area contributed by atoms with Gasteiger partial charge < -0.3 is 15.2 Å². The van der Waals surface area contributed by atoms with Crippen LogP contribution in [0.4, 0.5) is 4.39 Å². The van der Waals surface area contributed by atoms with E-state index in [9.17, 15) is 4.39 Å². The Morgan fingerprint density at radius 1 is 1.26 bits per heavy atom. The SMILES string of the molecule is CCNC(=NCc1ccc(F)c(C)c1)NCc1cc(CC)no1. The molecule has 0 spiro atoms. The molecule has 23 heavy (non-hydrogen) atoms. The van der Waals surface area contributed by atoms with Crippen LogP contribution in [-0.2, 0) is 19.5 Å². The zero-order chi connectivity index (χ0) is 16.7. The van der Waals surface area contributed by atoms with Crippen molar-refractivity contribution < 1.29 is 8.91 Å². The van der Waals surface area contributed by atoms with Crippen molar-refractivity contribution in [3.8, 4) is 0 Å². The minimum atomic E-state index is -0.195. The average Bonchev–Trinajstić information content (AvgIpc) is 3.01. The topological polar surface area (TPSA) is 62.5 Å². The molecule has 1 aromatic carbocycles. The van der Waals surface area contributed by atoms with Crippen LogP contribution >= 0.6 is 0 Å². The fraction of sp³-hybridized carbons (Fsp3) is 0.412. The lowest BCUT2D eigenvalue weighted by molar-refractivity contribution is 0.374. The van der Waals surface area contributed by atoms with Gasteiger partial charge in [-0.05, 0) is 37.5 Å². The maximum absolute atomic E-state index is 13.3. The van der Waals surface area contributed by atoms with Gasteiger partial charge in [0.25, 0.3) is 0 Å². The van der Waals surface area contributed by atoms with Gasteiger partial charge in [-0.25, -0.2) is 9.38 Å². The van der Waals surface area contributed by atoms with Crippen molar-refractivity contribution in [2.45, 2.75) is 40.3 Å². The third-order valence-electron chi connectivity index (χ3n) is 3.39. The summed E-state index contributed by atoms with van der Waals surface area (Å²) in [4.78, 5) is 4.51. The number of aryl methyl sites for hydroxylation is 2. The number of hydrogen-bond donors (Lipinski definition) is 2. The molecule has 2 aromatic rings. The molecule has 1 aromatic heterocycles. The smallest absolute Gasteiger partial charge is 0.191 e. The van der Waals surface area contributed by atoms with E-state index in [1.54, 1.807) is 13.0 Å². The largest absolute Gasteiger partial charge is 0.359 e. The first kappa shape index (κ1) is 17.0. The van der Waals surface area contributed by atoms with E-state index in [-0.39, 0.29) is 5.82 Å². The maximum Gasteiger partial charge on any atom is 0.191 e. The van der Waals surface area contributed by atoms with Crippen LogP contribution in [0, 0.1) is 12.7 Å². The van der Waals surface area contributed by atoms with Crippen molar-refractivity contribution in [1.29, 1.82) is 0 Å². The Morgan fingerprint density at radius 3 is 2.74 bits per heavy atom. The Labute approximate surface area is 136 Å². The average molecular weight is 318 g/mol. The molecule has 0 aliphatic rings. The van der Waals surface area contributed by atoms with Crippen LogP contribution in [0.2, 0.25) is 0 Å². The highest BCUT2D eigenvalue weighted by atomic mass is 19.1. The number of nitrogens with one attached hydrogen (secondary N) is 2. The van der Waals surface area contributed by atoms with Crippen molar-refractivity contribution in [2.24, 2.45) is 4.99 Å². The number of benzene rings is 1. The number of halogens is 1. The third kappa shape index (κ3) is 5.09. The molecule has 0 amide bonds. The van der Waals surface area contributed by atoms with Gasteiger partial charge in [-0.1, -0.05) is 24.2 Å². The van der Waals surface area contributed by atoms with E-state index in [0.29, 0.717) is 24.6 Å². The van der Waals surface area contributed by atoms with E-state index in [4.69, 9.17) is 4.52 Å². The van der Waals surface area contributed by atoms with Gasteiger partial charge in [0, 0.05) is 12.6 Å². The molecule has 0 saturated carbocycles. The van der Waals surface area contributed by atoms with E-state index < -0.39 is 0 Å². The van der Waals surface area contributed by atoms with E-state index in [1.165, 1.54) is 6.07 Å². The number of guanidine groups is 1. The standard InChI is InChI=1S/C17H23FN4O/c1-4-14-9-15(23-22-14)11-21-17(19-5-2)20-10-13-6-7-16(18)12(3)8-13/h6-9H,4-5,10-11H2,1-3H3,(H2,19,20,21). The third-order valence-corrected chi connectivity index (χ3v) is 3.39. The second-order valence-corrected chi connectivity index (χ2v) is 5.27. The molecule has 0 bridgehead atoms. The molecule has 0 atom stereocenters. The molecule has 0 radical (unpaired) electrons. The molecule has 2 rings (SSSR count). The highest BCUT2D eigenvalue weighted by molar-refractivity contribution is 5.79. The lowest BCUT2D eigenvalue weighted by atomic mass is 10.1. The summed E-state index contributed by atoms with van der Waals surface area (Å²) in [6.07, 6.45) is 0.849. The summed E-state index contributed by atoms with van der Waals surface area (Å²) >= 11 is 0. The second kappa shape index (κ2) is 8.31. The van der Waals surface area contributed by atoms with Gasteiger partial charge in [-0.2, -0.15) is 0 Å². The molecule has 0 fully saturated rings. The van der Waals surface area contributed by atoms with Crippen LogP contribution in [0.1, 0.15) is 36.4 Å². The second-order valence-electron chi connectivity index (χ2n) is 5.27. The number of nitrogens with zero attached hydrogens (tertiary/aromatic N) is 2. The Hall–Kier alpha value is -2.37. The van der Waals surface area contributed by atoms with Gasteiger partial charge in [0.05, 0.1) is 18.8 Å². The molecule has 0 aliphatic carbocycles. The molecule has 5 nitrogen and oxygen atoms in total. The van der Waals surface area contributed by atoms with Crippen LogP contribution < -0.4 is 10.6 Å². The van der Waals surface area contributed by atoms with E-state index in [0.717, 1.165) is 30.0 Å². The normalized spacial score (nSPS) is 11.6. The highest BCUT2D eigenvalue weighted by Gasteiger charge is 2.04. The maximum atomic E-state index is 13.3. The van der Waals surface area contributed by atoms with Crippen molar-refractivity contribution in [1.82, 2.24) is 15.8 Å². The molecule has 0 unspecified atom stereocenters. The first-order valence-corrected chi connectivity index (χ1v) is 7.84. The van der Waals surface area contributed by atoms with Crippen LogP contribution in [0.5, 0.6) is 0 Å². The number of aliphatic imine (C=N–C) groups is 1. The van der Waals surface area contributed by atoms with Gasteiger partial charge >= 0.3 is 0 Å². The fourth-order valence-corrected chi connectivity index (χ4v) is 2.09. The lowest BCUT2D eigenvalue weighted by Gasteiger charge is -2.10. The van der Waals surface area contributed by atoms with Crippen LogP contribution in [0.3, 0.4) is 0 Å². The minimum Gasteiger partial charge on any atom is -0.359 e. The molecule has 0 aliphatic heterocycles. The van der Waals surface area contributed by atoms with Crippen molar-refractivity contribution >= 4 is 5.96 Å². The number of rotatable bonds is 6. The molecule has 124 valence electrons. The predicted octanol–water partition coefficient (Wildman–Crippen LogP) is 2.94. The van der Waals surface area contributed by atoms with Crippen LogP contribution in [0.15, 0.2) is 33.8 Å². The lowest BCUT2D eigenvalue weighted by Crippen LogP contribution is -2.36. The Balaban J connectivity index is 1.97. The molecular formula is C17H23FN4O. The van der Waals surface area contributed by atoms with Gasteiger partial charge in [-0.3, -0.25) is 0 Å². The molecule has 6 heteroatoms. The molecule has 1 heterocycles. The quantitative estimate of drug-likeness (QED) is 0.635. The van der Waals surface area contributed by atoms with Crippen LogP contribution in [0.25, 0.3) is 0 Å². The monoisotopic (exact) mass is 318 g/mol. The summed E-state index contributed by atoms with van der Waals surface area (Å²) in [7, 11) is 0. The van der Waals surface area contributed by atoms with Gasteiger partial charge in [0.1, 0.15) is 5.82 Å². The zero-order valence-electron chi connectivity index (χ0n) is 13.8. The molecular weight excluding hydrogens is 295 g/mol. The summed E-state index contributed by atoms with van der Waals surface area (Å²) < 4.78 is 18.5. The zero-order valence-corrected chi connectivity index (χ0v) is 13.8. The van der Waals surface area contributed by atoms with E-state index in [2.05, 4.69) is 20.8 Å². The first-order valence-electron chi connectivity index (χ1n) is 7.84. The summed E-state index contributed by atoms with van der Waals surface area (Å²) in [6.45, 7) is 7.54. The fourth-order valence-electron chi connectivity index (χ4n) is 2.09. The summed E-state index contributed by atoms with van der Waals surface area (Å²) in [5.74, 6) is 1.26. The van der Waals surface area contributed by atoms with Crippen molar-refractivity contribution in [3.05, 3.63) is 52.7 Å². The Morgan fingerprint density at radius 2 is 2.09 bits per heavy atom. The highest BCUT2D eigenvalue weighted by Crippen LogP contribution is 2.10. The Kier molecular flexibility index (Phi) is 6.14. The summed E-state index contributed by atoms with van der Waals surface area (Å²) in [5.41, 5.74) is 2.53. The summed E-state index contributed by atoms with van der Waals surface area (Å²) in [5, 5.41) is 10.3. The minimum absolute atomic E-state index is 0.195. The van der Waals surface area contributed by atoms with E-state index >= 15 is 0 Å². The molecule has 2 N–H and O–H groups in total. The predicted molar refractivity (Wildman–Crippen MR) is 88.7 cm³/mol. The van der Waals surface area contributed by atoms with E-state index in [1.807, 2.05) is 26.0 Å². The van der Waals surface area contributed by atoms with Crippen molar-refractivity contribution in [2.75, 3.05) is 6.54 Å².